The quantitative estimate of drug-likeness (QED) is 0.508. The van der Waals surface area contributed by atoms with Crippen LogP contribution in [-0.2, 0) is 11.4 Å². The lowest BCUT2D eigenvalue weighted by atomic mass is 10.2. The molecular formula is C6H13NOS. The molecule has 1 saturated heterocycles. The predicted molar refractivity (Wildman–Crippen MR) is 39.4 cm³/mol. The fraction of sp³-hybridized carbons (Fsp3) is 1.00. The molecule has 3 heteroatoms. The summed E-state index contributed by atoms with van der Waals surface area (Å²) in [5, 5.41) is 0. The van der Waals surface area contributed by atoms with Crippen molar-refractivity contribution in [3.05, 3.63) is 0 Å². The van der Waals surface area contributed by atoms with Gasteiger partial charge in [0.2, 0.25) is 0 Å². The van der Waals surface area contributed by atoms with E-state index in [1.54, 1.807) is 6.26 Å². The summed E-state index contributed by atoms with van der Waals surface area (Å²) in [4.78, 5) is 0. The Morgan fingerprint density at radius 3 is 2.56 bits per heavy atom. The second kappa shape index (κ2) is 2.90. The summed E-state index contributed by atoms with van der Waals surface area (Å²) < 4.78 is 12.8. The van der Waals surface area contributed by atoms with Crippen molar-refractivity contribution < 1.29 is 4.55 Å². The van der Waals surface area contributed by atoms with Gasteiger partial charge in [-0.25, -0.2) is 0 Å². The molecule has 0 aromatic carbocycles. The summed E-state index contributed by atoms with van der Waals surface area (Å²) in [6.07, 6.45) is 2.96. The van der Waals surface area contributed by atoms with Gasteiger partial charge in [-0.05, 0) is 12.3 Å². The standard InChI is InChI=1S/C6H13NOS/c1-6-3-4-7(5-6)9(2)8/h6H,3-5H2,1-2H3. The summed E-state index contributed by atoms with van der Waals surface area (Å²) in [5.74, 6) is 0.744. The van der Waals surface area contributed by atoms with Gasteiger partial charge in [-0.3, -0.25) is 0 Å². The van der Waals surface area contributed by atoms with Crippen LogP contribution in [0, 0.1) is 5.92 Å². The Morgan fingerprint density at radius 1 is 1.67 bits per heavy atom. The third-order valence-corrected chi connectivity index (χ3v) is 2.81. The molecule has 0 radical (unpaired) electrons. The zero-order valence-corrected chi connectivity index (χ0v) is 6.78. The van der Waals surface area contributed by atoms with Gasteiger partial charge in [0.1, 0.15) is 6.26 Å². The van der Waals surface area contributed by atoms with E-state index >= 15 is 0 Å². The molecule has 2 unspecified atom stereocenters. The van der Waals surface area contributed by atoms with Crippen LogP contribution in [0.3, 0.4) is 0 Å². The fourth-order valence-electron chi connectivity index (χ4n) is 1.13. The van der Waals surface area contributed by atoms with Gasteiger partial charge in [0.15, 0.2) is 0 Å². The maximum atomic E-state index is 10.8. The molecule has 0 spiro atoms. The number of nitrogens with zero attached hydrogens (tertiary/aromatic N) is 1. The molecule has 0 aromatic rings. The minimum absolute atomic E-state index is 0.728. The van der Waals surface area contributed by atoms with Crippen LogP contribution in [0.2, 0.25) is 0 Å². The van der Waals surface area contributed by atoms with E-state index in [0.717, 1.165) is 19.0 Å². The molecule has 54 valence electrons. The van der Waals surface area contributed by atoms with E-state index in [-0.39, 0.29) is 0 Å². The van der Waals surface area contributed by atoms with Crippen LogP contribution in [-0.4, -0.2) is 28.2 Å². The van der Waals surface area contributed by atoms with Crippen LogP contribution in [0.15, 0.2) is 0 Å². The Hall–Kier alpha value is 0.270. The molecule has 0 bridgehead atoms. The highest BCUT2D eigenvalue weighted by atomic mass is 32.2. The third kappa shape index (κ3) is 1.85. The van der Waals surface area contributed by atoms with Crippen molar-refractivity contribution in [3.63, 3.8) is 0 Å². The van der Waals surface area contributed by atoms with Crippen LogP contribution >= 0.6 is 0 Å². The average molecular weight is 147 g/mol. The van der Waals surface area contributed by atoms with Gasteiger partial charge in [-0.1, -0.05) is 6.92 Å². The topological polar surface area (TPSA) is 26.3 Å². The molecule has 2 nitrogen and oxygen atoms in total. The van der Waals surface area contributed by atoms with Gasteiger partial charge in [0, 0.05) is 24.5 Å². The van der Waals surface area contributed by atoms with Gasteiger partial charge in [0.05, 0.1) is 0 Å². The highest BCUT2D eigenvalue weighted by Gasteiger charge is 2.24. The van der Waals surface area contributed by atoms with Crippen molar-refractivity contribution >= 4 is 11.4 Å². The van der Waals surface area contributed by atoms with E-state index in [4.69, 9.17) is 0 Å². The van der Waals surface area contributed by atoms with E-state index in [2.05, 4.69) is 6.92 Å². The van der Waals surface area contributed by atoms with Crippen LogP contribution in [0.25, 0.3) is 0 Å². The number of hydrogen-bond acceptors (Lipinski definition) is 2. The molecule has 0 N–H and O–H groups in total. The Labute approximate surface area is 59.5 Å². The molecule has 0 aromatic heterocycles. The molecular weight excluding hydrogens is 134 g/mol. The molecule has 1 rings (SSSR count). The molecule has 0 aliphatic carbocycles. The van der Waals surface area contributed by atoms with E-state index in [9.17, 15) is 4.55 Å². The zero-order valence-electron chi connectivity index (χ0n) is 5.96. The highest BCUT2D eigenvalue weighted by molar-refractivity contribution is 7.88. The molecule has 0 amide bonds. The Kier molecular flexibility index (Phi) is 2.38. The van der Waals surface area contributed by atoms with Crippen molar-refractivity contribution in [3.8, 4) is 0 Å². The monoisotopic (exact) mass is 147 g/mol. The normalized spacial score (nSPS) is 33.0. The van der Waals surface area contributed by atoms with Crippen molar-refractivity contribution in [1.29, 1.82) is 0 Å². The van der Waals surface area contributed by atoms with Gasteiger partial charge in [-0.2, -0.15) is 0 Å². The van der Waals surface area contributed by atoms with Crippen molar-refractivity contribution in [2.45, 2.75) is 13.3 Å². The zero-order chi connectivity index (χ0) is 6.85. The first-order valence-corrected chi connectivity index (χ1v) is 4.80. The third-order valence-electron chi connectivity index (χ3n) is 1.75. The van der Waals surface area contributed by atoms with Gasteiger partial charge in [0.25, 0.3) is 0 Å². The predicted octanol–water partition coefficient (Wildman–Crippen LogP) is 0.622. The summed E-state index contributed by atoms with van der Waals surface area (Å²) in [6.45, 7) is 4.24. The van der Waals surface area contributed by atoms with Gasteiger partial charge >= 0.3 is 0 Å². The minimum Gasteiger partial charge on any atom is -0.598 e. The Balaban J connectivity index is 2.30. The molecule has 1 aliphatic rings. The van der Waals surface area contributed by atoms with Crippen molar-refractivity contribution in [2.24, 2.45) is 5.92 Å². The van der Waals surface area contributed by atoms with Crippen LogP contribution < -0.4 is 0 Å². The Bertz CT molecular complexity index is 97.1. The first kappa shape index (κ1) is 7.38. The van der Waals surface area contributed by atoms with E-state index < -0.39 is 11.4 Å². The summed E-state index contributed by atoms with van der Waals surface area (Å²) in [5.41, 5.74) is 0. The largest absolute Gasteiger partial charge is 0.598 e. The summed E-state index contributed by atoms with van der Waals surface area (Å²) in [6, 6.07) is 0. The average Bonchev–Trinajstić information content (AvgIpc) is 2.14. The fourth-order valence-corrected chi connectivity index (χ4v) is 1.96. The van der Waals surface area contributed by atoms with E-state index in [0.29, 0.717) is 0 Å². The number of hydrogen-bond donors (Lipinski definition) is 0. The second-order valence-electron chi connectivity index (χ2n) is 2.71. The van der Waals surface area contributed by atoms with Crippen LogP contribution in [0.5, 0.6) is 0 Å². The van der Waals surface area contributed by atoms with Crippen LogP contribution in [0.4, 0.5) is 0 Å². The van der Waals surface area contributed by atoms with Crippen molar-refractivity contribution in [2.75, 3.05) is 19.3 Å². The molecule has 1 heterocycles. The van der Waals surface area contributed by atoms with E-state index in [1.807, 2.05) is 4.31 Å². The summed E-state index contributed by atoms with van der Waals surface area (Å²) in [7, 11) is 0. The lowest BCUT2D eigenvalue weighted by Gasteiger charge is -2.14. The molecule has 1 aliphatic heterocycles. The SMILES string of the molecule is CC1CCN([S+](C)[O-])C1. The molecule has 9 heavy (non-hydrogen) atoms. The summed E-state index contributed by atoms with van der Waals surface area (Å²) >= 11 is -0.728. The minimum atomic E-state index is -0.728. The highest BCUT2D eigenvalue weighted by Crippen LogP contribution is 2.16. The lowest BCUT2D eigenvalue weighted by molar-refractivity contribution is 0.469. The first-order valence-electron chi connectivity index (χ1n) is 3.28. The van der Waals surface area contributed by atoms with Crippen LogP contribution in [0.1, 0.15) is 13.3 Å². The maximum absolute atomic E-state index is 10.8. The number of rotatable bonds is 1. The molecule has 1 fully saturated rings. The van der Waals surface area contributed by atoms with Gasteiger partial charge in [-0.15, -0.1) is 4.31 Å². The smallest absolute Gasteiger partial charge is 0.115 e. The molecule has 2 atom stereocenters. The Morgan fingerprint density at radius 2 is 2.33 bits per heavy atom. The first-order chi connectivity index (χ1) is 4.20. The maximum Gasteiger partial charge on any atom is 0.115 e. The van der Waals surface area contributed by atoms with Crippen molar-refractivity contribution in [1.82, 2.24) is 4.31 Å². The molecule has 0 saturated carbocycles. The lowest BCUT2D eigenvalue weighted by Crippen LogP contribution is -2.27. The second-order valence-corrected chi connectivity index (χ2v) is 4.07. The van der Waals surface area contributed by atoms with E-state index in [1.165, 1.54) is 6.42 Å². The van der Waals surface area contributed by atoms with Gasteiger partial charge < -0.3 is 4.55 Å².